The van der Waals surface area contributed by atoms with E-state index in [-0.39, 0.29) is 11.6 Å². The fraction of sp³-hybridized carbons (Fsp3) is 0.333. The van der Waals surface area contributed by atoms with Crippen LogP contribution in [0.4, 0.5) is 0 Å². The molecule has 3 heterocycles. The van der Waals surface area contributed by atoms with E-state index in [0.717, 1.165) is 4.90 Å². The molecule has 0 aliphatic carbocycles. The molecule has 0 bridgehead atoms. The van der Waals surface area contributed by atoms with Crippen LogP contribution in [-0.4, -0.2) is 44.2 Å². The number of nitrogens with one attached hydrogen (secondary N) is 1. The number of thiazole rings is 1. The van der Waals surface area contributed by atoms with E-state index in [1.54, 1.807) is 11.6 Å². The molecule has 0 saturated carbocycles. The number of β-lactam (4-membered cyclic amide) rings is 1. The van der Waals surface area contributed by atoms with Crippen molar-refractivity contribution in [2.45, 2.75) is 23.2 Å². The number of nitrogens with zero attached hydrogens (tertiary/aromatic N) is 2. The van der Waals surface area contributed by atoms with E-state index in [0.29, 0.717) is 5.01 Å². The second-order valence-corrected chi connectivity index (χ2v) is 7.09. The largest absolute Gasteiger partial charge is 0.477 e. The van der Waals surface area contributed by atoms with E-state index >= 15 is 0 Å². The predicted molar refractivity (Wildman–Crippen MR) is 79.5 cm³/mol. The van der Waals surface area contributed by atoms with Crippen molar-refractivity contribution in [3.05, 3.63) is 28.4 Å². The van der Waals surface area contributed by atoms with Crippen LogP contribution in [0.25, 0.3) is 0 Å². The minimum Gasteiger partial charge on any atom is -0.477 e. The summed E-state index contributed by atoms with van der Waals surface area (Å²) in [4.78, 5) is 39.1. The molecule has 1 saturated heterocycles. The number of carboxylic acids is 1. The molecule has 2 amide bonds. The number of hydrogen-bond donors (Lipinski definition) is 3. The standard InChI is InChI=1S/C12H12N4O4S2/c1-5(17)15-12(11-14-2-3-21-11)4-6(10(19)20)16-8(18)7(13)9(16)22-12/h2-4,7,9H,13H2,1H3,(H,15,17)(H,19,20)/t7-,9-,12?/m1/s1. The van der Waals surface area contributed by atoms with Gasteiger partial charge in [-0.3, -0.25) is 14.5 Å². The molecule has 2 aliphatic rings. The number of fused-ring (bicyclic) bond motifs is 1. The average molecular weight is 340 g/mol. The number of nitrogens with two attached hydrogens (primary N) is 1. The fourth-order valence-electron chi connectivity index (χ4n) is 2.42. The highest BCUT2D eigenvalue weighted by Crippen LogP contribution is 2.49. The second kappa shape index (κ2) is 5.07. The summed E-state index contributed by atoms with van der Waals surface area (Å²) in [5.74, 6) is -2.03. The van der Waals surface area contributed by atoms with Crippen LogP contribution in [0, 0.1) is 0 Å². The molecular weight excluding hydrogens is 328 g/mol. The first-order valence-electron chi connectivity index (χ1n) is 6.27. The van der Waals surface area contributed by atoms with Crippen molar-refractivity contribution < 1.29 is 19.5 Å². The van der Waals surface area contributed by atoms with E-state index in [4.69, 9.17) is 5.73 Å². The Balaban J connectivity index is 2.13. The summed E-state index contributed by atoms with van der Waals surface area (Å²) < 4.78 is 0. The zero-order valence-corrected chi connectivity index (χ0v) is 13.0. The Bertz CT molecular complexity index is 689. The number of rotatable bonds is 3. The number of aromatic nitrogens is 1. The van der Waals surface area contributed by atoms with Gasteiger partial charge in [-0.25, -0.2) is 9.78 Å². The maximum atomic E-state index is 11.8. The van der Waals surface area contributed by atoms with Crippen LogP contribution in [0.5, 0.6) is 0 Å². The molecule has 1 aromatic rings. The molecule has 1 fully saturated rings. The topological polar surface area (TPSA) is 126 Å². The van der Waals surface area contributed by atoms with Gasteiger partial charge in [0.1, 0.15) is 22.1 Å². The monoisotopic (exact) mass is 340 g/mol. The second-order valence-electron chi connectivity index (χ2n) is 4.83. The first kappa shape index (κ1) is 15.0. The van der Waals surface area contributed by atoms with Crippen molar-refractivity contribution in [2.24, 2.45) is 5.73 Å². The van der Waals surface area contributed by atoms with Gasteiger partial charge >= 0.3 is 5.97 Å². The summed E-state index contributed by atoms with van der Waals surface area (Å²) in [5, 5.41) is 13.8. The minimum atomic E-state index is -1.25. The average Bonchev–Trinajstić information content (AvgIpc) is 2.99. The third-order valence-electron chi connectivity index (χ3n) is 3.32. The number of carbonyl (C=O) groups excluding carboxylic acids is 2. The van der Waals surface area contributed by atoms with Crippen LogP contribution >= 0.6 is 23.1 Å². The number of aliphatic carboxylic acids is 1. The van der Waals surface area contributed by atoms with Gasteiger partial charge in [0.2, 0.25) is 11.8 Å². The van der Waals surface area contributed by atoms with Crippen LogP contribution in [0.15, 0.2) is 23.3 Å². The molecule has 1 aromatic heterocycles. The van der Waals surface area contributed by atoms with Gasteiger partial charge in [0.15, 0.2) is 4.87 Å². The van der Waals surface area contributed by atoms with Crippen molar-refractivity contribution in [3.63, 3.8) is 0 Å². The SMILES string of the molecule is CC(=O)NC1(c2nccs2)C=C(C(=O)O)N2C(=O)[C@@H](N)[C@H]2S1. The Labute approximate surface area is 133 Å². The lowest BCUT2D eigenvalue weighted by Crippen LogP contribution is -2.70. The van der Waals surface area contributed by atoms with Crippen molar-refractivity contribution in [1.82, 2.24) is 15.2 Å². The number of thioether (sulfide) groups is 1. The molecular formula is C12H12N4O4S2. The highest BCUT2D eigenvalue weighted by atomic mass is 32.2. The highest BCUT2D eigenvalue weighted by Gasteiger charge is 2.57. The first-order chi connectivity index (χ1) is 10.4. The van der Waals surface area contributed by atoms with Crippen molar-refractivity contribution in [2.75, 3.05) is 0 Å². The summed E-state index contributed by atoms with van der Waals surface area (Å²) in [7, 11) is 0. The van der Waals surface area contributed by atoms with Gasteiger partial charge in [-0.05, 0) is 6.08 Å². The van der Waals surface area contributed by atoms with E-state index < -0.39 is 28.2 Å². The molecule has 3 rings (SSSR count). The molecule has 8 nitrogen and oxygen atoms in total. The molecule has 0 aromatic carbocycles. The molecule has 3 atom stereocenters. The third kappa shape index (κ3) is 2.11. The van der Waals surface area contributed by atoms with E-state index in [2.05, 4.69) is 10.3 Å². The van der Waals surface area contributed by atoms with Gasteiger partial charge in [0, 0.05) is 18.5 Å². The van der Waals surface area contributed by atoms with Gasteiger partial charge in [0.05, 0.1) is 0 Å². The number of carbonyl (C=O) groups is 3. The van der Waals surface area contributed by atoms with Crippen molar-refractivity contribution in [3.8, 4) is 0 Å². The van der Waals surface area contributed by atoms with E-state index in [1.165, 1.54) is 36.1 Å². The van der Waals surface area contributed by atoms with E-state index in [9.17, 15) is 19.5 Å². The zero-order valence-electron chi connectivity index (χ0n) is 11.3. The number of amides is 2. The third-order valence-corrected chi connectivity index (χ3v) is 5.89. The van der Waals surface area contributed by atoms with Gasteiger partial charge < -0.3 is 16.2 Å². The maximum Gasteiger partial charge on any atom is 0.352 e. The molecule has 4 N–H and O–H groups in total. The lowest BCUT2D eigenvalue weighted by molar-refractivity contribution is -0.148. The normalized spacial score (nSPS) is 30.2. The van der Waals surface area contributed by atoms with Crippen LogP contribution in [0.1, 0.15) is 11.9 Å². The first-order valence-corrected chi connectivity index (χ1v) is 8.03. The molecule has 0 radical (unpaired) electrons. The van der Waals surface area contributed by atoms with Crippen LogP contribution in [-0.2, 0) is 19.3 Å². The highest BCUT2D eigenvalue weighted by molar-refractivity contribution is 8.01. The molecule has 2 aliphatic heterocycles. The Hall–Kier alpha value is -1.91. The molecule has 1 unspecified atom stereocenters. The van der Waals surface area contributed by atoms with Crippen molar-refractivity contribution >= 4 is 40.9 Å². The lowest BCUT2D eigenvalue weighted by atomic mass is 10.0. The Morgan fingerprint density at radius 1 is 1.55 bits per heavy atom. The summed E-state index contributed by atoms with van der Waals surface area (Å²) >= 11 is 2.49. The summed E-state index contributed by atoms with van der Waals surface area (Å²) in [6.45, 7) is 1.34. The maximum absolute atomic E-state index is 11.8. The van der Waals surface area contributed by atoms with E-state index in [1.807, 2.05) is 0 Å². The molecule has 116 valence electrons. The van der Waals surface area contributed by atoms with Crippen LogP contribution < -0.4 is 11.1 Å². The van der Waals surface area contributed by atoms with Crippen LogP contribution in [0.2, 0.25) is 0 Å². The molecule has 22 heavy (non-hydrogen) atoms. The summed E-state index contributed by atoms with van der Waals surface area (Å²) in [5.41, 5.74) is 5.59. The smallest absolute Gasteiger partial charge is 0.352 e. The zero-order chi connectivity index (χ0) is 16.1. The summed E-state index contributed by atoms with van der Waals surface area (Å²) in [6.07, 6.45) is 2.91. The number of hydrogen-bond acceptors (Lipinski definition) is 7. The van der Waals surface area contributed by atoms with Gasteiger partial charge in [-0.15, -0.1) is 11.3 Å². The minimum absolute atomic E-state index is 0.195. The Morgan fingerprint density at radius 3 is 2.82 bits per heavy atom. The summed E-state index contributed by atoms with van der Waals surface area (Å²) in [6, 6.07) is -0.804. The van der Waals surface area contributed by atoms with Crippen molar-refractivity contribution in [1.29, 1.82) is 0 Å². The Morgan fingerprint density at radius 2 is 2.27 bits per heavy atom. The number of carboxylic acid groups (broad SMARTS) is 1. The van der Waals surface area contributed by atoms with Gasteiger partial charge in [0.25, 0.3) is 0 Å². The fourth-order valence-corrected chi connectivity index (χ4v) is 4.87. The predicted octanol–water partition coefficient (Wildman–Crippen LogP) is -0.357. The quantitative estimate of drug-likeness (QED) is 0.642. The van der Waals surface area contributed by atoms with Gasteiger partial charge in [-0.1, -0.05) is 11.8 Å². The van der Waals surface area contributed by atoms with Crippen LogP contribution in [0.3, 0.4) is 0 Å². The van der Waals surface area contributed by atoms with Gasteiger partial charge in [-0.2, -0.15) is 0 Å². The molecule has 10 heteroatoms. The lowest BCUT2D eigenvalue weighted by Gasteiger charge is -2.51. The Kier molecular flexibility index (Phi) is 3.46. The molecule has 0 spiro atoms.